The van der Waals surface area contributed by atoms with E-state index in [4.69, 9.17) is 16.7 Å². The maximum Gasteiger partial charge on any atom is 0.271 e. The molecule has 0 aliphatic carbocycles. The Kier molecular flexibility index (Phi) is 5.33. The molecule has 1 amide bonds. The van der Waals surface area contributed by atoms with E-state index in [1.165, 1.54) is 24.3 Å². The zero-order valence-electron chi connectivity index (χ0n) is 13.2. The molecule has 1 aliphatic heterocycles. The highest BCUT2D eigenvalue weighted by Gasteiger charge is 2.19. The summed E-state index contributed by atoms with van der Waals surface area (Å²) >= 11 is 7.38. The maximum absolute atomic E-state index is 13.5. The summed E-state index contributed by atoms with van der Waals surface area (Å²) in [5.74, 6) is -0.264. The van der Waals surface area contributed by atoms with Crippen molar-refractivity contribution < 1.29 is 17.6 Å². The summed E-state index contributed by atoms with van der Waals surface area (Å²) in [7, 11) is -4.06. The van der Waals surface area contributed by atoms with Crippen molar-refractivity contribution in [3.05, 3.63) is 58.4 Å². The fraction of sp³-hybridized carbons (Fsp3) is 0.125. The Balaban J connectivity index is 1.87. The number of benzene rings is 2. The minimum Gasteiger partial charge on any atom is -0.267 e. The molecule has 0 saturated heterocycles. The van der Waals surface area contributed by atoms with Gasteiger partial charge in [-0.05, 0) is 36.4 Å². The summed E-state index contributed by atoms with van der Waals surface area (Å²) in [6.45, 7) is 0. The maximum atomic E-state index is 13.5. The molecular weight excluding hydrogens is 401 g/mol. The molecule has 2 aromatic carbocycles. The predicted octanol–water partition coefficient (Wildman–Crippen LogP) is 2.76. The molecule has 0 bridgehead atoms. The van der Waals surface area contributed by atoms with Crippen molar-refractivity contribution in [2.45, 2.75) is 16.2 Å². The number of primary sulfonamides is 1. The van der Waals surface area contributed by atoms with Gasteiger partial charge in [-0.3, -0.25) is 4.79 Å². The first-order valence-corrected chi connectivity index (χ1v) is 10.3. The van der Waals surface area contributed by atoms with Crippen LogP contribution in [0.1, 0.15) is 22.3 Å². The molecule has 0 unspecified atom stereocenters. The summed E-state index contributed by atoms with van der Waals surface area (Å²) in [4.78, 5) is 12.8. The molecular formula is C16H13ClFN3O3S2. The van der Waals surface area contributed by atoms with Gasteiger partial charge in [-0.15, -0.1) is 11.8 Å². The summed E-state index contributed by atoms with van der Waals surface area (Å²) in [6, 6.07) is 8.12. The smallest absolute Gasteiger partial charge is 0.267 e. The Morgan fingerprint density at radius 3 is 2.77 bits per heavy atom. The third-order valence-corrected chi connectivity index (χ3v) is 6.11. The third-order valence-electron chi connectivity index (χ3n) is 3.64. The number of fused-ring (bicyclic) bond motifs is 1. The van der Waals surface area contributed by atoms with E-state index in [0.717, 1.165) is 16.7 Å². The molecule has 0 saturated carbocycles. The van der Waals surface area contributed by atoms with Crippen LogP contribution in [0, 0.1) is 5.82 Å². The van der Waals surface area contributed by atoms with E-state index < -0.39 is 15.9 Å². The minimum absolute atomic E-state index is 0.0347. The highest BCUT2D eigenvalue weighted by Crippen LogP contribution is 2.30. The molecule has 1 aliphatic rings. The van der Waals surface area contributed by atoms with Gasteiger partial charge in [0.25, 0.3) is 5.91 Å². The largest absolute Gasteiger partial charge is 0.271 e. The topological polar surface area (TPSA) is 102 Å². The number of hydrogen-bond acceptors (Lipinski definition) is 5. The van der Waals surface area contributed by atoms with E-state index in [1.54, 1.807) is 17.8 Å². The number of carbonyl (C=O) groups is 1. The Bertz CT molecular complexity index is 1030. The lowest BCUT2D eigenvalue weighted by Gasteiger charge is -2.17. The van der Waals surface area contributed by atoms with Gasteiger partial charge in [-0.25, -0.2) is 23.4 Å². The molecule has 0 spiro atoms. The van der Waals surface area contributed by atoms with Gasteiger partial charge in [0.15, 0.2) is 0 Å². The van der Waals surface area contributed by atoms with Gasteiger partial charge in [0, 0.05) is 28.2 Å². The van der Waals surface area contributed by atoms with E-state index in [1.807, 2.05) is 0 Å². The van der Waals surface area contributed by atoms with Crippen LogP contribution >= 0.6 is 23.4 Å². The number of nitrogens with zero attached hydrogens (tertiary/aromatic N) is 1. The van der Waals surface area contributed by atoms with Crippen LogP contribution in [0.5, 0.6) is 0 Å². The van der Waals surface area contributed by atoms with Crippen LogP contribution in [-0.4, -0.2) is 25.8 Å². The number of nitrogens with two attached hydrogens (primary N) is 1. The van der Waals surface area contributed by atoms with Crippen LogP contribution in [0.2, 0.25) is 5.02 Å². The fourth-order valence-electron chi connectivity index (χ4n) is 2.41. The second-order valence-corrected chi connectivity index (χ2v) is 8.50. The normalized spacial score (nSPS) is 15.6. The van der Waals surface area contributed by atoms with Crippen LogP contribution in [0.3, 0.4) is 0 Å². The first kappa shape index (κ1) is 18.8. The number of hydrazone groups is 1. The van der Waals surface area contributed by atoms with Crippen molar-refractivity contribution in [2.75, 3.05) is 5.75 Å². The first-order chi connectivity index (χ1) is 12.3. The summed E-state index contributed by atoms with van der Waals surface area (Å²) < 4.78 is 36.5. The van der Waals surface area contributed by atoms with Gasteiger partial charge in [-0.1, -0.05) is 11.6 Å². The molecule has 0 radical (unpaired) electrons. The Labute approximate surface area is 158 Å². The van der Waals surface area contributed by atoms with Gasteiger partial charge in [0.1, 0.15) is 10.7 Å². The summed E-state index contributed by atoms with van der Waals surface area (Å²) in [5.41, 5.74) is 3.58. The average Bonchev–Trinajstić information content (AvgIpc) is 2.59. The lowest BCUT2D eigenvalue weighted by Crippen LogP contribution is -2.22. The van der Waals surface area contributed by atoms with Crippen molar-refractivity contribution in [3.8, 4) is 0 Å². The van der Waals surface area contributed by atoms with Crippen molar-refractivity contribution in [1.82, 2.24) is 5.43 Å². The average molecular weight is 414 g/mol. The number of rotatable bonds is 3. The molecule has 0 atom stereocenters. The van der Waals surface area contributed by atoms with E-state index in [2.05, 4.69) is 10.5 Å². The number of halogens is 2. The second-order valence-electron chi connectivity index (χ2n) is 5.43. The minimum atomic E-state index is -4.06. The zero-order chi connectivity index (χ0) is 18.9. The Hall–Kier alpha value is -1.94. The van der Waals surface area contributed by atoms with Gasteiger partial charge >= 0.3 is 0 Å². The van der Waals surface area contributed by atoms with Crippen LogP contribution in [0.15, 0.2) is 51.3 Å². The van der Waals surface area contributed by atoms with Crippen molar-refractivity contribution in [1.29, 1.82) is 0 Å². The van der Waals surface area contributed by atoms with Crippen LogP contribution in [0.25, 0.3) is 0 Å². The molecule has 1 heterocycles. The molecule has 0 aromatic heterocycles. The van der Waals surface area contributed by atoms with Gasteiger partial charge in [-0.2, -0.15) is 5.10 Å². The van der Waals surface area contributed by atoms with Crippen molar-refractivity contribution >= 4 is 45.0 Å². The predicted molar refractivity (Wildman–Crippen MR) is 98.6 cm³/mol. The van der Waals surface area contributed by atoms with Gasteiger partial charge in [0.2, 0.25) is 10.0 Å². The first-order valence-electron chi connectivity index (χ1n) is 7.37. The lowest BCUT2D eigenvalue weighted by atomic mass is 10.1. The van der Waals surface area contributed by atoms with E-state index in [0.29, 0.717) is 17.7 Å². The molecule has 2 aromatic rings. The molecule has 3 N–H and O–H groups in total. The van der Waals surface area contributed by atoms with Crippen molar-refractivity contribution in [2.24, 2.45) is 10.2 Å². The van der Waals surface area contributed by atoms with E-state index in [-0.39, 0.29) is 21.3 Å². The third kappa shape index (κ3) is 4.07. The van der Waals surface area contributed by atoms with Crippen LogP contribution in [0.4, 0.5) is 4.39 Å². The lowest BCUT2D eigenvalue weighted by molar-refractivity contribution is 0.0954. The highest BCUT2D eigenvalue weighted by molar-refractivity contribution is 7.99. The number of sulfonamides is 1. The Morgan fingerprint density at radius 2 is 2.04 bits per heavy atom. The van der Waals surface area contributed by atoms with Crippen LogP contribution < -0.4 is 10.6 Å². The number of thioether (sulfide) groups is 1. The fourth-order valence-corrected chi connectivity index (χ4v) is 4.49. The number of carbonyl (C=O) groups excluding carboxylic acids is 1. The molecule has 136 valence electrons. The quantitative estimate of drug-likeness (QED) is 0.755. The SMILES string of the molecule is NS(=O)(=O)c1cc(C(=O)N/N=C2\CCSc3ccc(F)cc32)ccc1Cl. The molecule has 6 nitrogen and oxygen atoms in total. The summed E-state index contributed by atoms with van der Waals surface area (Å²) in [6.07, 6.45) is 0.560. The monoisotopic (exact) mass is 413 g/mol. The molecule has 26 heavy (non-hydrogen) atoms. The van der Waals surface area contributed by atoms with E-state index >= 15 is 0 Å². The highest BCUT2D eigenvalue weighted by atomic mass is 35.5. The Morgan fingerprint density at radius 1 is 1.27 bits per heavy atom. The van der Waals surface area contributed by atoms with Crippen LogP contribution in [-0.2, 0) is 10.0 Å². The van der Waals surface area contributed by atoms with E-state index in [9.17, 15) is 17.6 Å². The number of amides is 1. The molecule has 3 rings (SSSR count). The summed E-state index contributed by atoms with van der Waals surface area (Å²) in [5, 5.41) is 9.08. The van der Waals surface area contributed by atoms with Gasteiger partial charge < -0.3 is 0 Å². The van der Waals surface area contributed by atoms with Crippen molar-refractivity contribution in [3.63, 3.8) is 0 Å². The zero-order valence-corrected chi connectivity index (χ0v) is 15.6. The second kappa shape index (κ2) is 7.36. The number of hydrogen-bond donors (Lipinski definition) is 2. The van der Waals surface area contributed by atoms with Gasteiger partial charge in [0.05, 0.1) is 10.7 Å². The molecule has 10 heteroatoms. The standard InChI is InChI=1S/C16H13ClFN3O3S2/c17-12-3-1-9(7-15(12)26(19,23)24)16(22)21-20-13-5-6-25-14-4-2-10(18)8-11(13)14/h1-4,7-8H,5-6H2,(H,21,22)(H2,19,23,24)/b20-13+. The number of nitrogens with one attached hydrogen (secondary N) is 1. The molecule has 0 fully saturated rings.